The van der Waals surface area contributed by atoms with E-state index in [1.54, 1.807) is 6.92 Å². The van der Waals surface area contributed by atoms with Crippen LogP contribution in [0.1, 0.15) is 47.5 Å². The minimum absolute atomic E-state index is 0.0134. The standard InChI is InChI=1S/C17H25BF2O4/c1-11(7-6-8-21)22-15-13(19)9-12(10-14(15)20)18-23-16(2,3)17(4,5)24-18/h9-11,21H,6-8H2,1-5H3/t11-/m1/s1. The zero-order valence-corrected chi connectivity index (χ0v) is 14.9. The van der Waals surface area contributed by atoms with E-state index in [2.05, 4.69) is 0 Å². The van der Waals surface area contributed by atoms with Gasteiger partial charge in [-0.1, -0.05) is 0 Å². The second kappa shape index (κ2) is 6.98. The molecule has 0 amide bonds. The van der Waals surface area contributed by atoms with Crippen LogP contribution >= 0.6 is 0 Å². The number of aliphatic hydroxyl groups is 1. The molecule has 7 heteroatoms. The van der Waals surface area contributed by atoms with Crippen LogP contribution in [0.3, 0.4) is 0 Å². The molecule has 4 nitrogen and oxygen atoms in total. The van der Waals surface area contributed by atoms with Crippen molar-refractivity contribution in [2.45, 2.75) is 64.8 Å². The Morgan fingerprint density at radius 1 is 1.12 bits per heavy atom. The summed E-state index contributed by atoms with van der Waals surface area (Å²) in [6.45, 7) is 9.22. The molecule has 0 bridgehead atoms. The van der Waals surface area contributed by atoms with Crippen LogP contribution in [0.2, 0.25) is 0 Å². The lowest BCUT2D eigenvalue weighted by atomic mass is 9.79. The van der Waals surface area contributed by atoms with Crippen LogP contribution < -0.4 is 10.2 Å². The van der Waals surface area contributed by atoms with Gasteiger partial charge in [0.1, 0.15) is 0 Å². The van der Waals surface area contributed by atoms with Crippen LogP contribution in [-0.2, 0) is 9.31 Å². The van der Waals surface area contributed by atoms with Crippen LogP contribution in [0.15, 0.2) is 12.1 Å². The zero-order chi connectivity index (χ0) is 18.1. The monoisotopic (exact) mass is 342 g/mol. The molecule has 1 aromatic carbocycles. The number of benzene rings is 1. The fourth-order valence-electron chi connectivity index (χ4n) is 2.45. The normalized spacial score (nSPS) is 20.2. The summed E-state index contributed by atoms with van der Waals surface area (Å²) in [5.74, 6) is -2.01. The smallest absolute Gasteiger partial charge is 0.485 e. The Hall–Kier alpha value is -1.18. The summed E-state index contributed by atoms with van der Waals surface area (Å²) in [4.78, 5) is 0. The summed E-state index contributed by atoms with van der Waals surface area (Å²) in [6.07, 6.45) is 0.619. The van der Waals surface area contributed by atoms with Crippen molar-refractivity contribution in [2.24, 2.45) is 0 Å². The molecule has 0 aliphatic carbocycles. The van der Waals surface area contributed by atoms with Crippen molar-refractivity contribution in [3.63, 3.8) is 0 Å². The van der Waals surface area contributed by atoms with Crippen molar-refractivity contribution in [1.29, 1.82) is 0 Å². The number of ether oxygens (including phenoxy) is 1. The van der Waals surface area contributed by atoms with Gasteiger partial charge in [-0.05, 0) is 65.1 Å². The van der Waals surface area contributed by atoms with E-state index < -0.39 is 41.8 Å². The minimum Gasteiger partial charge on any atom is -0.485 e. The van der Waals surface area contributed by atoms with Crippen LogP contribution in [0.4, 0.5) is 8.78 Å². The highest BCUT2D eigenvalue weighted by molar-refractivity contribution is 6.62. The van der Waals surface area contributed by atoms with Gasteiger partial charge in [0, 0.05) is 6.61 Å². The SMILES string of the molecule is C[C@H](CCCO)Oc1c(F)cc(B2OC(C)(C)C(C)(C)O2)cc1F. The highest BCUT2D eigenvalue weighted by Gasteiger charge is 2.52. The maximum atomic E-state index is 14.3. The summed E-state index contributed by atoms with van der Waals surface area (Å²) < 4.78 is 45.6. The maximum absolute atomic E-state index is 14.3. The molecule has 1 heterocycles. The van der Waals surface area contributed by atoms with Gasteiger partial charge in [-0.25, -0.2) is 8.78 Å². The average Bonchev–Trinajstić information content (AvgIpc) is 2.69. The van der Waals surface area contributed by atoms with Gasteiger partial charge in [0.05, 0.1) is 17.3 Å². The second-order valence-electron chi connectivity index (χ2n) is 7.20. The molecular weight excluding hydrogens is 317 g/mol. The van der Waals surface area contributed by atoms with Gasteiger partial charge >= 0.3 is 7.12 Å². The lowest BCUT2D eigenvalue weighted by Gasteiger charge is -2.32. The third-order valence-corrected chi connectivity index (χ3v) is 4.63. The fraction of sp³-hybridized carbons (Fsp3) is 0.647. The molecule has 1 fully saturated rings. The Morgan fingerprint density at radius 3 is 2.08 bits per heavy atom. The van der Waals surface area contributed by atoms with Gasteiger partial charge < -0.3 is 19.2 Å². The Morgan fingerprint density at radius 2 is 1.62 bits per heavy atom. The molecule has 0 saturated carbocycles. The number of rotatable bonds is 6. The summed E-state index contributed by atoms with van der Waals surface area (Å²) in [6, 6.07) is 2.36. The first-order valence-electron chi connectivity index (χ1n) is 8.19. The molecule has 0 unspecified atom stereocenters. The van der Waals surface area contributed by atoms with Gasteiger partial charge in [0.25, 0.3) is 0 Å². The molecule has 1 aliphatic heterocycles. The van der Waals surface area contributed by atoms with Gasteiger partial charge in [0.15, 0.2) is 17.4 Å². The first kappa shape index (κ1) is 19.2. The minimum atomic E-state index is -0.833. The molecule has 1 aliphatic rings. The number of hydrogen-bond donors (Lipinski definition) is 1. The quantitative estimate of drug-likeness (QED) is 0.808. The molecule has 1 atom stereocenters. The first-order valence-corrected chi connectivity index (χ1v) is 8.19. The second-order valence-corrected chi connectivity index (χ2v) is 7.20. The molecule has 0 aromatic heterocycles. The van der Waals surface area contributed by atoms with Crippen molar-refractivity contribution < 1.29 is 27.9 Å². The average molecular weight is 342 g/mol. The highest BCUT2D eigenvalue weighted by Crippen LogP contribution is 2.37. The molecular formula is C17H25BF2O4. The fourth-order valence-corrected chi connectivity index (χ4v) is 2.45. The Bertz CT molecular complexity index is 553. The van der Waals surface area contributed by atoms with Crippen molar-refractivity contribution in [1.82, 2.24) is 0 Å². The predicted octanol–water partition coefficient (Wildman–Crippen LogP) is 2.80. The molecule has 2 rings (SSSR count). The van der Waals surface area contributed by atoms with E-state index in [0.717, 1.165) is 0 Å². The largest absolute Gasteiger partial charge is 0.495 e. The highest BCUT2D eigenvalue weighted by atomic mass is 19.1. The van der Waals surface area contributed by atoms with E-state index in [-0.39, 0.29) is 12.1 Å². The third-order valence-electron chi connectivity index (χ3n) is 4.63. The molecule has 0 radical (unpaired) electrons. The van der Waals surface area contributed by atoms with E-state index in [1.807, 2.05) is 27.7 Å². The maximum Gasteiger partial charge on any atom is 0.495 e. The van der Waals surface area contributed by atoms with E-state index in [0.29, 0.717) is 12.8 Å². The van der Waals surface area contributed by atoms with E-state index in [9.17, 15) is 8.78 Å². The zero-order valence-electron chi connectivity index (χ0n) is 14.9. The van der Waals surface area contributed by atoms with Gasteiger partial charge in [-0.2, -0.15) is 0 Å². The number of halogens is 2. The summed E-state index contributed by atoms with van der Waals surface area (Å²) in [5, 5.41) is 8.80. The third kappa shape index (κ3) is 3.90. The molecule has 0 spiro atoms. The molecule has 1 aromatic rings. The summed E-state index contributed by atoms with van der Waals surface area (Å²) in [5.41, 5.74) is -0.893. The van der Waals surface area contributed by atoms with Crippen molar-refractivity contribution >= 4 is 12.6 Å². The van der Waals surface area contributed by atoms with E-state index in [4.69, 9.17) is 19.2 Å². The van der Waals surface area contributed by atoms with E-state index in [1.165, 1.54) is 12.1 Å². The first-order chi connectivity index (χ1) is 11.1. The van der Waals surface area contributed by atoms with Crippen LogP contribution in [0.25, 0.3) is 0 Å². The molecule has 1 saturated heterocycles. The molecule has 24 heavy (non-hydrogen) atoms. The topological polar surface area (TPSA) is 47.9 Å². The lowest BCUT2D eigenvalue weighted by Crippen LogP contribution is -2.41. The van der Waals surface area contributed by atoms with Crippen molar-refractivity contribution in [3.8, 4) is 5.75 Å². The van der Waals surface area contributed by atoms with Gasteiger partial charge in [-0.3, -0.25) is 0 Å². The van der Waals surface area contributed by atoms with Gasteiger partial charge in [-0.15, -0.1) is 0 Å². The summed E-state index contributed by atoms with van der Waals surface area (Å²) >= 11 is 0. The molecule has 1 N–H and O–H groups in total. The predicted molar refractivity (Wildman–Crippen MR) is 88.5 cm³/mol. The number of aliphatic hydroxyl groups excluding tert-OH is 1. The Labute approximate surface area is 142 Å². The van der Waals surface area contributed by atoms with Gasteiger partial charge in [0.2, 0.25) is 0 Å². The van der Waals surface area contributed by atoms with Crippen molar-refractivity contribution in [3.05, 3.63) is 23.8 Å². The number of hydrogen-bond acceptors (Lipinski definition) is 4. The summed E-state index contributed by atoms with van der Waals surface area (Å²) in [7, 11) is -0.833. The van der Waals surface area contributed by atoms with Crippen LogP contribution in [0.5, 0.6) is 5.75 Å². The van der Waals surface area contributed by atoms with Crippen molar-refractivity contribution in [2.75, 3.05) is 6.61 Å². The van der Waals surface area contributed by atoms with Crippen LogP contribution in [0, 0.1) is 11.6 Å². The van der Waals surface area contributed by atoms with E-state index >= 15 is 0 Å². The molecule has 134 valence electrons. The Kier molecular flexibility index (Phi) is 5.57. The van der Waals surface area contributed by atoms with Crippen LogP contribution in [-0.4, -0.2) is 36.1 Å². The Balaban J connectivity index is 2.18. The lowest BCUT2D eigenvalue weighted by molar-refractivity contribution is 0.00578.